The molecule has 0 aliphatic rings. The fourth-order valence-electron chi connectivity index (χ4n) is 2.44. The fraction of sp³-hybridized carbons (Fsp3) is 0.105. The summed E-state index contributed by atoms with van der Waals surface area (Å²) < 4.78 is 1.49. The second kappa shape index (κ2) is 7.72. The number of carbonyl (C=O) groups is 1. The molecule has 0 spiro atoms. The van der Waals surface area contributed by atoms with Gasteiger partial charge in [0.15, 0.2) is 5.69 Å². The van der Waals surface area contributed by atoms with E-state index < -0.39 is 11.3 Å². The van der Waals surface area contributed by atoms with Crippen LogP contribution in [0, 0.1) is 6.92 Å². The number of nitrogens with one attached hydrogen (secondary N) is 1. The summed E-state index contributed by atoms with van der Waals surface area (Å²) in [5, 5.41) is 8.00. The summed E-state index contributed by atoms with van der Waals surface area (Å²) >= 11 is 12.0. The lowest BCUT2D eigenvalue weighted by molar-refractivity contribution is 0.0943. The van der Waals surface area contributed by atoms with Crippen LogP contribution in [0.3, 0.4) is 0 Å². The fourth-order valence-corrected chi connectivity index (χ4v) is 2.78. The van der Waals surface area contributed by atoms with Crippen LogP contribution in [-0.4, -0.2) is 15.7 Å². The summed E-state index contributed by atoms with van der Waals surface area (Å²) in [6, 6.07) is 15.5. The van der Waals surface area contributed by atoms with E-state index in [9.17, 15) is 9.59 Å². The molecule has 26 heavy (non-hydrogen) atoms. The number of hydrogen-bond acceptors (Lipinski definition) is 3. The number of benzene rings is 2. The van der Waals surface area contributed by atoms with E-state index in [1.54, 1.807) is 55.5 Å². The molecule has 1 aromatic heterocycles. The number of para-hydroxylation sites is 1. The van der Waals surface area contributed by atoms with Gasteiger partial charge < -0.3 is 5.32 Å². The Labute approximate surface area is 160 Å². The minimum atomic E-state index is -0.550. The summed E-state index contributed by atoms with van der Waals surface area (Å²) in [5.41, 5.74) is 1.40. The standard InChI is InChI=1S/C19H15Cl2N3O2/c1-12-10-17(25)18(23-24(12)16-5-3-2-4-15(16)21)19(26)22-11-13-6-8-14(20)9-7-13/h2-10H,11H2,1H3,(H,22,26). The lowest BCUT2D eigenvalue weighted by atomic mass is 10.2. The van der Waals surface area contributed by atoms with Crippen molar-refractivity contribution in [1.29, 1.82) is 0 Å². The Balaban J connectivity index is 1.88. The second-order valence-electron chi connectivity index (χ2n) is 5.67. The number of rotatable bonds is 4. The van der Waals surface area contributed by atoms with Crippen LogP contribution in [0.15, 0.2) is 59.4 Å². The summed E-state index contributed by atoms with van der Waals surface area (Å²) in [7, 11) is 0. The van der Waals surface area contributed by atoms with Crippen LogP contribution in [-0.2, 0) is 6.54 Å². The molecule has 0 unspecified atom stereocenters. The van der Waals surface area contributed by atoms with Gasteiger partial charge >= 0.3 is 0 Å². The van der Waals surface area contributed by atoms with Crippen molar-refractivity contribution in [2.45, 2.75) is 13.5 Å². The van der Waals surface area contributed by atoms with E-state index in [4.69, 9.17) is 23.2 Å². The molecular weight excluding hydrogens is 373 g/mol. The van der Waals surface area contributed by atoms with Crippen LogP contribution < -0.4 is 10.7 Å². The van der Waals surface area contributed by atoms with Crippen LogP contribution in [0.2, 0.25) is 10.0 Å². The van der Waals surface area contributed by atoms with Gasteiger partial charge in [-0.15, -0.1) is 0 Å². The predicted molar refractivity (Wildman–Crippen MR) is 102 cm³/mol. The first-order valence-electron chi connectivity index (χ1n) is 7.84. The zero-order valence-electron chi connectivity index (χ0n) is 13.9. The van der Waals surface area contributed by atoms with E-state index in [0.717, 1.165) is 5.56 Å². The van der Waals surface area contributed by atoms with E-state index in [2.05, 4.69) is 10.4 Å². The largest absolute Gasteiger partial charge is 0.346 e. The summed E-state index contributed by atoms with van der Waals surface area (Å²) in [6.45, 7) is 1.99. The molecular formula is C19H15Cl2N3O2. The first-order chi connectivity index (χ1) is 12.5. The first-order valence-corrected chi connectivity index (χ1v) is 8.60. The first kappa shape index (κ1) is 18.2. The highest BCUT2D eigenvalue weighted by Gasteiger charge is 2.16. The van der Waals surface area contributed by atoms with Crippen LogP contribution >= 0.6 is 23.2 Å². The van der Waals surface area contributed by atoms with Crippen molar-refractivity contribution in [2.75, 3.05) is 0 Å². The number of aromatic nitrogens is 2. The van der Waals surface area contributed by atoms with Crippen molar-refractivity contribution in [1.82, 2.24) is 15.1 Å². The average Bonchev–Trinajstić information content (AvgIpc) is 2.62. The van der Waals surface area contributed by atoms with Crippen molar-refractivity contribution in [3.63, 3.8) is 0 Å². The molecule has 0 fully saturated rings. The number of halogens is 2. The summed E-state index contributed by atoms with van der Waals surface area (Å²) in [4.78, 5) is 24.7. The lowest BCUT2D eigenvalue weighted by Gasteiger charge is -2.12. The highest BCUT2D eigenvalue weighted by Crippen LogP contribution is 2.19. The van der Waals surface area contributed by atoms with Crippen LogP contribution in [0.4, 0.5) is 0 Å². The molecule has 0 atom stereocenters. The third-order valence-corrected chi connectivity index (χ3v) is 4.34. The molecule has 0 aliphatic carbocycles. The van der Waals surface area contributed by atoms with Gasteiger partial charge in [-0.2, -0.15) is 5.10 Å². The molecule has 1 heterocycles. The molecule has 132 valence electrons. The quantitative estimate of drug-likeness (QED) is 0.740. The second-order valence-corrected chi connectivity index (χ2v) is 6.51. The van der Waals surface area contributed by atoms with Crippen molar-refractivity contribution in [3.8, 4) is 5.69 Å². The zero-order valence-corrected chi connectivity index (χ0v) is 15.4. The molecule has 5 nitrogen and oxygen atoms in total. The number of carbonyl (C=O) groups excluding carboxylic acids is 1. The summed E-state index contributed by atoms with van der Waals surface area (Å²) in [5.74, 6) is -0.550. The molecule has 7 heteroatoms. The molecule has 0 radical (unpaired) electrons. The molecule has 1 amide bonds. The van der Waals surface area contributed by atoms with E-state index in [0.29, 0.717) is 21.4 Å². The normalized spacial score (nSPS) is 10.6. The van der Waals surface area contributed by atoms with E-state index >= 15 is 0 Å². The molecule has 1 N–H and O–H groups in total. The monoisotopic (exact) mass is 387 g/mol. The number of aryl methyl sites for hydroxylation is 1. The molecule has 3 aromatic rings. The maximum Gasteiger partial charge on any atom is 0.276 e. The van der Waals surface area contributed by atoms with E-state index in [1.807, 2.05) is 0 Å². The smallest absolute Gasteiger partial charge is 0.276 e. The van der Waals surface area contributed by atoms with Crippen molar-refractivity contribution < 1.29 is 4.79 Å². The molecule has 3 rings (SSSR count). The third-order valence-electron chi connectivity index (χ3n) is 3.77. The van der Waals surface area contributed by atoms with Crippen LogP contribution in [0.5, 0.6) is 0 Å². The van der Waals surface area contributed by atoms with Crippen LogP contribution in [0.1, 0.15) is 21.7 Å². The van der Waals surface area contributed by atoms with Gasteiger partial charge in [-0.25, -0.2) is 4.68 Å². The Kier molecular flexibility index (Phi) is 5.40. The Bertz CT molecular complexity index is 1010. The topological polar surface area (TPSA) is 64.0 Å². The molecule has 2 aromatic carbocycles. The van der Waals surface area contributed by atoms with Crippen molar-refractivity contribution >= 4 is 29.1 Å². The number of nitrogens with zero attached hydrogens (tertiary/aromatic N) is 2. The molecule has 0 saturated heterocycles. The lowest BCUT2D eigenvalue weighted by Crippen LogP contribution is -2.31. The Morgan fingerprint density at radius 3 is 2.50 bits per heavy atom. The van der Waals surface area contributed by atoms with E-state index in [1.165, 1.54) is 10.7 Å². The van der Waals surface area contributed by atoms with Gasteiger partial charge in [-0.3, -0.25) is 9.59 Å². The SMILES string of the molecule is Cc1cc(=O)c(C(=O)NCc2ccc(Cl)cc2)nn1-c1ccccc1Cl. The van der Waals surface area contributed by atoms with Gasteiger partial charge in [0.1, 0.15) is 0 Å². The van der Waals surface area contributed by atoms with Crippen molar-refractivity contribution in [2.24, 2.45) is 0 Å². The molecule has 0 bridgehead atoms. The van der Waals surface area contributed by atoms with Gasteiger partial charge in [-0.05, 0) is 36.8 Å². The summed E-state index contributed by atoms with van der Waals surface area (Å²) in [6.07, 6.45) is 0. The van der Waals surface area contributed by atoms with Crippen molar-refractivity contribution in [3.05, 3.63) is 91.8 Å². The Morgan fingerprint density at radius 2 is 1.81 bits per heavy atom. The average molecular weight is 388 g/mol. The van der Waals surface area contributed by atoms with Gasteiger partial charge in [0.25, 0.3) is 5.91 Å². The Morgan fingerprint density at radius 1 is 1.12 bits per heavy atom. The number of amides is 1. The van der Waals surface area contributed by atoms with Gasteiger partial charge in [0.05, 0.1) is 10.7 Å². The highest BCUT2D eigenvalue weighted by atomic mass is 35.5. The third kappa shape index (κ3) is 3.95. The maximum atomic E-state index is 12.4. The Hall–Kier alpha value is -2.63. The number of hydrogen-bond donors (Lipinski definition) is 1. The molecule has 0 aliphatic heterocycles. The van der Waals surface area contributed by atoms with Crippen LogP contribution in [0.25, 0.3) is 5.69 Å². The zero-order chi connectivity index (χ0) is 18.7. The predicted octanol–water partition coefficient (Wildman–Crippen LogP) is 3.78. The minimum absolute atomic E-state index is 0.190. The van der Waals surface area contributed by atoms with Gasteiger partial charge in [0, 0.05) is 23.3 Å². The highest BCUT2D eigenvalue weighted by molar-refractivity contribution is 6.32. The van der Waals surface area contributed by atoms with Gasteiger partial charge in [-0.1, -0.05) is 47.5 Å². The minimum Gasteiger partial charge on any atom is -0.346 e. The van der Waals surface area contributed by atoms with Gasteiger partial charge in [0.2, 0.25) is 5.43 Å². The maximum absolute atomic E-state index is 12.4. The van der Waals surface area contributed by atoms with E-state index in [-0.39, 0.29) is 12.2 Å². The molecule has 0 saturated carbocycles.